The molecule has 0 spiro atoms. The zero-order valence-corrected chi connectivity index (χ0v) is 19.0. The molecule has 140 valence electrons. The molecular weight excluding hydrogens is 333 g/mol. The van der Waals surface area contributed by atoms with Gasteiger partial charge in [-0.05, 0) is 6.42 Å². The summed E-state index contributed by atoms with van der Waals surface area (Å²) < 4.78 is 33.0. The molecule has 0 aromatic carbocycles. The summed E-state index contributed by atoms with van der Waals surface area (Å²) in [5.41, 5.74) is 0. The molecule has 0 rings (SSSR count). The summed E-state index contributed by atoms with van der Waals surface area (Å²) in [5.74, 6) is 0. The van der Waals surface area contributed by atoms with Crippen molar-refractivity contribution in [2.75, 3.05) is 6.54 Å². The van der Waals surface area contributed by atoms with E-state index in [0.717, 1.165) is 19.3 Å². The largest absolute Gasteiger partial charge is 1.00 e. The van der Waals surface area contributed by atoms with Crippen LogP contribution >= 0.6 is 0 Å². The number of nitrogens with one attached hydrogen (secondary N) is 1. The van der Waals surface area contributed by atoms with E-state index in [2.05, 4.69) is 6.92 Å². The smallest absolute Gasteiger partial charge is 0.735 e. The summed E-state index contributed by atoms with van der Waals surface area (Å²) >= 11 is 0. The molecule has 0 aromatic rings. The standard InChI is InChI=1S/C18H39NO3S.Na/c1-2-3-4-5-6-7-8-9-10-11-12-13-14-15-16-17-18-19-23(20,21)22;/h19H,2-18H2,1H3,(H,20,21,22);/q;+1/p-1. The third-order valence-electron chi connectivity index (χ3n) is 4.31. The molecule has 6 heteroatoms. The van der Waals surface area contributed by atoms with Crippen molar-refractivity contribution in [1.82, 2.24) is 4.72 Å². The minimum Gasteiger partial charge on any atom is -0.735 e. The van der Waals surface area contributed by atoms with Gasteiger partial charge in [0.2, 0.25) is 0 Å². The molecule has 4 nitrogen and oxygen atoms in total. The van der Waals surface area contributed by atoms with Crippen LogP contribution in [0.25, 0.3) is 0 Å². The second kappa shape index (κ2) is 20.2. The van der Waals surface area contributed by atoms with Crippen LogP contribution in [-0.2, 0) is 10.3 Å². The van der Waals surface area contributed by atoms with Crippen LogP contribution in [0.2, 0.25) is 0 Å². The fourth-order valence-corrected chi connectivity index (χ4v) is 3.26. The van der Waals surface area contributed by atoms with Gasteiger partial charge in [-0.3, -0.25) is 0 Å². The van der Waals surface area contributed by atoms with E-state index < -0.39 is 10.3 Å². The molecule has 0 aliphatic carbocycles. The van der Waals surface area contributed by atoms with Gasteiger partial charge >= 0.3 is 29.6 Å². The Balaban J connectivity index is 0. The van der Waals surface area contributed by atoms with Crippen molar-refractivity contribution in [1.29, 1.82) is 0 Å². The average molecular weight is 372 g/mol. The van der Waals surface area contributed by atoms with Crippen LogP contribution in [0.15, 0.2) is 0 Å². The van der Waals surface area contributed by atoms with Crippen LogP contribution in [0.4, 0.5) is 0 Å². The molecular formula is C18H38NNaO3S. The van der Waals surface area contributed by atoms with Crippen molar-refractivity contribution >= 4 is 10.3 Å². The maximum atomic E-state index is 10.3. The van der Waals surface area contributed by atoms with Gasteiger partial charge in [0.25, 0.3) is 0 Å². The zero-order valence-electron chi connectivity index (χ0n) is 16.2. The fourth-order valence-electron chi connectivity index (χ4n) is 2.87. The quantitative estimate of drug-likeness (QED) is 0.228. The van der Waals surface area contributed by atoms with Crippen LogP contribution in [-0.4, -0.2) is 19.5 Å². The Kier molecular flexibility index (Phi) is 22.8. The molecule has 0 bridgehead atoms. The number of rotatable bonds is 18. The van der Waals surface area contributed by atoms with E-state index in [1.807, 2.05) is 4.72 Å². The van der Waals surface area contributed by atoms with Crippen molar-refractivity contribution in [3.63, 3.8) is 0 Å². The van der Waals surface area contributed by atoms with Crippen molar-refractivity contribution in [3.8, 4) is 0 Å². The van der Waals surface area contributed by atoms with E-state index in [0.29, 0.717) is 0 Å². The number of hydrogen-bond acceptors (Lipinski definition) is 3. The Hall–Kier alpha value is 0.870. The van der Waals surface area contributed by atoms with E-state index in [9.17, 15) is 13.0 Å². The van der Waals surface area contributed by atoms with Crippen LogP contribution < -0.4 is 34.3 Å². The Morgan fingerprint density at radius 2 is 0.917 bits per heavy atom. The van der Waals surface area contributed by atoms with Gasteiger partial charge in [-0.15, -0.1) is 0 Å². The molecule has 0 aliphatic rings. The summed E-state index contributed by atoms with van der Waals surface area (Å²) in [6, 6.07) is 0. The zero-order chi connectivity index (χ0) is 17.2. The first-order chi connectivity index (χ1) is 11.1. The molecule has 0 saturated heterocycles. The average Bonchev–Trinajstić information content (AvgIpc) is 2.49. The molecule has 0 fully saturated rings. The first-order valence-corrected chi connectivity index (χ1v) is 11.2. The Morgan fingerprint density at radius 1 is 0.625 bits per heavy atom. The van der Waals surface area contributed by atoms with Gasteiger partial charge in [-0.2, -0.15) is 0 Å². The summed E-state index contributed by atoms with van der Waals surface area (Å²) in [5, 5.41) is 0. The van der Waals surface area contributed by atoms with Crippen LogP contribution in [0.1, 0.15) is 110 Å². The third-order valence-corrected chi connectivity index (χ3v) is 4.87. The maximum Gasteiger partial charge on any atom is 1.00 e. The normalized spacial score (nSPS) is 11.4. The summed E-state index contributed by atoms with van der Waals surface area (Å²) in [7, 11) is -4.24. The van der Waals surface area contributed by atoms with E-state index in [1.165, 1.54) is 83.5 Å². The van der Waals surface area contributed by atoms with Gasteiger partial charge < -0.3 is 4.55 Å². The van der Waals surface area contributed by atoms with Crippen LogP contribution in [0.3, 0.4) is 0 Å². The molecule has 0 atom stereocenters. The molecule has 1 N–H and O–H groups in total. The first kappa shape index (κ1) is 27.1. The molecule has 0 aliphatic heterocycles. The van der Waals surface area contributed by atoms with Gasteiger partial charge in [0.15, 0.2) is 10.3 Å². The topological polar surface area (TPSA) is 69.2 Å². The number of unbranched alkanes of at least 4 members (excludes halogenated alkanes) is 15. The third kappa shape index (κ3) is 25.1. The van der Waals surface area contributed by atoms with Gasteiger partial charge in [0.05, 0.1) is 0 Å². The summed E-state index contributed by atoms with van der Waals surface area (Å²) in [4.78, 5) is 0. The van der Waals surface area contributed by atoms with Crippen molar-refractivity contribution in [2.24, 2.45) is 0 Å². The van der Waals surface area contributed by atoms with Gasteiger partial charge in [-0.25, -0.2) is 13.1 Å². The Bertz CT molecular complexity index is 337. The molecule has 0 radical (unpaired) electrons. The van der Waals surface area contributed by atoms with E-state index >= 15 is 0 Å². The van der Waals surface area contributed by atoms with Crippen molar-refractivity contribution in [3.05, 3.63) is 0 Å². The Labute approximate surface area is 173 Å². The first-order valence-electron chi connectivity index (χ1n) is 9.76. The van der Waals surface area contributed by atoms with E-state index in [-0.39, 0.29) is 36.1 Å². The Morgan fingerprint density at radius 3 is 1.21 bits per heavy atom. The van der Waals surface area contributed by atoms with E-state index in [1.54, 1.807) is 0 Å². The molecule has 0 unspecified atom stereocenters. The fraction of sp³-hybridized carbons (Fsp3) is 1.00. The van der Waals surface area contributed by atoms with Gasteiger partial charge in [-0.1, -0.05) is 103 Å². The maximum absolute atomic E-state index is 10.3. The van der Waals surface area contributed by atoms with Crippen LogP contribution in [0.5, 0.6) is 0 Å². The molecule has 0 amide bonds. The molecule has 24 heavy (non-hydrogen) atoms. The number of hydrogen-bond donors (Lipinski definition) is 1. The monoisotopic (exact) mass is 371 g/mol. The predicted molar refractivity (Wildman–Crippen MR) is 97.2 cm³/mol. The minimum atomic E-state index is -4.24. The van der Waals surface area contributed by atoms with E-state index in [4.69, 9.17) is 0 Å². The van der Waals surface area contributed by atoms with Gasteiger partial charge in [0, 0.05) is 6.54 Å². The molecule has 0 heterocycles. The van der Waals surface area contributed by atoms with Crippen molar-refractivity contribution in [2.45, 2.75) is 110 Å². The molecule has 0 aromatic heterocycles. The summed E-state index contributed by atoms with van der Waals surface area (Å²) in [6.45, 7) is 2.54. The summed E-state index contributed by atoms with van der Waals surface area (Å²) in [6.07, 6.45) is 20.7. The van der Waals surface area contributed by atoms with Gasteiger partial charge in [0.1, 0.15) is 0 Å². The predicted octanol–water partition coefficient (Wildman–Crippen LogP) is 2.30. The SMILES string of the molecule is CCCCCCCCCCCCCCCCCCNS(=O)(=O)[O-].[Na+]. The second-order valence-electron chi connectivity index (χ2n) is 6.65. The van der Waals surface area contributed by atoms with Crippen molar-refractivity contribution < 1.29 is 42.5 Å². The second-order valence-corrected chi connectivity index (χ2v) is 7.85. The van der Waals surface area contributed by atoms with Crippen LogP contribution in [0, 0.1) is 0 Å². The molecule has 0 saturated carbocycles. The minimum absolute atomic E-state index is 0.